The number of rotatable bonds is 1. The molecule has 1 aliphatic heterocycles. The van der Waals surface area contributed by atoms with Gasteiger partial charge in [-0.2, -0.15) is 0 Å². The van der Waals surface area contributed by atoms with Gasteiger partial charge >= 0.3 is 0 Å². The van der Waals surface area contributed by atoms with Gasteiger partial charge in [-0.25, -0.2) is 4.98 Å². The molecule has 2 aromatic rings. The van der Waals surface area contributed by atoms with Crippen molar-refractivity contribution in [1.29, 1.82) is 0 Å². The van der Waals surface area contributed by atoms with Crippen LogP contribution in [0.25, 0.3) is 11.3 Å². The molecule has 19 heavy (non-hydrogen) atoms. The number of nitrogens with one attached hydrogen (secondary N) is 2. The summed E-state index contributed by atoms with van der Waals surface area (Å²) in [5, 5.41) is 5.83. The molecule has 0 saturated carbocycles. The van der Waals surface area contributed by atoms with Gasteiger partial charge < -0.3 is 10.3 Å². The summed E-state index contributed by atoms with van der Waals surface area (Å²) in [6.07, 6.45) is 7.45. The van der Waals surface area contributed by atoms with Crippen molar-refractivity contribution < 1.29 is 0 Å². The van der Waals surface area contributed by atoms with E-state index in [1.54, 1.807) is 0 Å². The molecule has 2 aliphatic rings. The number of fused-ring (bicyclic) bond motifs is 3. The molecule has 0 spiro atoms. The van der Waals surface area contributed by atoms with E-state index in [0.717, 1.165) is 18.8 Å². The van der Waals surface area contributed by atoms with Gasteiger partial charge in [-0.3, -0.25) is 0 Å². The summed E-state index contributed by atoms with van der Waals surface area (Å²) in [4.78, 5) is 10.0. The number of aryl methyl sites for hydroxylation is 2. The van der Waals surface area contributed by atoms with E-state index in [-0.39, 0.29) is 0 Å². The van der Waals surface area contributed by atoms with E-state index in [1.807, 2.05) is 11.3 Å². The Balaban J connectivity index is 1.69. The number of thiophene rings is 1. The maximum atomic E-state index is 4.92. The zero-order valence-electron chi connectivity index (χ0n) is 11.0. The second-order valence-electron chi connectivity index (χ2n) is 5.56. The fourth-order valence-electron chi connectivity index (χ4n) is 3.24. The SMILES string of the molecule is c1cc2c(s1)CCc1[nH]c(C3CCCCCN3)nc1-2. The molecule has 1 saturated heterocycles. The first-order valence-corrected chi connectivity index (χ1v) is 8.18. The Hall–Kier alpha value is -1.13. The molecule has 3 heterocycles. The van der Waals surface area contributed by atoms with Gasteiger partial charge in [0.1, 0.15) is 5.82 Å². The fourth-order valence-corrected chi connectivity index (χ4v) is 4.12. The molecule has 1 unspecified atom stereocenters. The molecule has 4 rings (SSSR count). The number of nitrogens with zero attached hydrogens (tertiary/aromatic N) is 1. The van der Waals surface area contributed by atoms with Crippen LogP contribution in [0.4, 0.5) is 0 Å². The van der Waals surface area contributed by atoms with Gasteiger partial charge in [-0.15, -0.1) is 11.3 Å². The van der Waals surface area contributed by atoms with Gasteiger partial charge in [-0.1, -0.05) is 12.8 Å². The largest absolute Gasteiger partial charge is 0.344 e. The van der Waals surface area contributed by atoms with E-state index in [1.165, 1.54) is 53.9 Å². The van der Waals surface area contributed by atoms with Crippen molar-refractivity contribution in [1.82, 2.24) is 15.3 Å². The third-order valence-electron chi connectivity index (χ3n) is 4.29. The van der Waals surface area contributed by atoms with E-state index in [0.29, 0.717) is 6.04 Å². The number of imidazole rings is 1. The highest BCUT2D eigenvalue weighted by Crippen LogP contribution is 2.36. The molecule has 1 aliphatic carbocycles. The van der Waals surface area contributed by atoms with Crippen LogP contribution in [0.15, 0.2) is 11.4 Å². The summed E-state index contributed by atoms with van der Waals surface area (Å²) in [6.45, 7) is 1.12. The molecule has 2 aromatic heterocycles. The predicted octanol–water partition coefficient (Wildman–Crippen LogP) is 3.44. The second-order valence-corrected chi connectivity index (χ2v) is 6.56. The van der Waals surface area contributed by atoms with Crippen molar-refractivity contribution in [3.8, 4) is 11.3 Å². The Morgan fingerprint density at radius 2 is 2.21 bits per heavy atom. The van der Waals surface area contributed by atoms with Crippen molar-refractivity contribution in [2.45, 2.75) is 44.6 Å². The highest BCUT2D eigenvalue weighted by molar-refractivity contribution is 7.10. The van der Waals surface area contributed by atoms with Gasteiger partial charge in [0.05, 0.1) is 11.7 Å². The third-order valence-corrected chi connectivity index (χ3v) is 5.27. The molecular formula is C15H19N3S. The predicted molar refractivity (Wildman–Crippen MR) is 78.5 cm³/mol. The summed E-state index contributed by atoms with van der Waals surface area (Å²) in [5.41, 5.74) is 3.91. The van der Waals surface area contributed by atoms with Crippen molar-refractivity contribution in [2.75, 3.05) is 6.54 Å². The Morgan fingerprint density at radius 3 is 3.21 bits per heavy atom. The molecule has 1 atom stereocenters. The van der Waals surface area contributed by atoms with E-state index in [9.17, 15) is 0 Å². The molecule has 100 valence electrons. The van der Waals surface area contributed by atoms with Crippen molar-refractivity contribution in [3.05, 3.63) is 27.8 Å². The normalized spacial score (nSPS) is 22.6. The number of aromatic amines is 1. The molecule has 0 radical (unpaired) electrons. The summed E-state index contributed by atoms with van der Waals surface area (Å²) < 4.78 is 0. The maximum absolute atomic E-state index is 4.92. The van der Waals surface area contributed by atoms with E-state index in [2.05, 4.69) is 21.7 Å². The molecule has 0 aromatic carbocycles. The van der Waals surface area contributed by atoms with Gasteiger partial charge in [0.2, 0.25) is 0 Å². The summed E-state index contributed by atoms with van der Waals surface area (Å²) in [5.74, 6) is 1.16. The van der Waals surface area contributed by atoms with Crippen LogP contribution in [-0.4, -0.2) is 16.5 Å². The van der Waals surface area contributed by atoms with Crippen LogP contribution < -0.4 is 5.32 Å². The minimum absolute atomic E-state index is 0.426. The molecule has 0 amide bonds. The zero-order valence-corrected chi connectivity index (χ0v) is 11.9. The average molecular weight is 273 g/mol. The smallest absolute Gasteiger partial charge is 0.124 e. The highest BCUT2D eigenvalue weighted by atomic mass is 32.1. The van der Waals surface area contributed by atoms with Crippen LogP contribution >= 0.6 is 11.3 Å². The maximum Gasteiger partial charge on any atom is 0.124 e. The molecular weight excluding hydrogens is 254 g/mol. The highest BCUT2D eigenvalue weighted by Gasteiger charge is 2.24. The Bertz CT molecular complexity index is 576. The molecule has 2 N–H and O–H groups in total. The van der Waals surface area contributed by atoms with Crippen LogP contribution in [0.5, 0.6) is 0 Å². The standard InChI is InChI=1S/C15H19N3S/c1-2-4-12(16-8-3-1)15-17-11-5-6-13-10(7-9-19-13)14(11)18-15/h7,9,12,16H,1-6,8H2,(H,17,18). The zero-order chi connectivity index (χ0) is 12.7. The fraction of sp³-hybridized carbons (Fsp3) is 0.533. The molecule has 3 nitrogen and oxygen atoms in total. The van der Waals surface area contributed by atoms with Crippen molar-refractivity contribution in [3.63, 3.8) is 0 Å². The van der Waals surface area contributed by atoms with Crippen LogP contribution in [0.1, 0.15) is 48.1 Å². The number of hydrogen-bond donors (Lipinski definition) is 2. The lowest BCUT2D eigenvalue weighted by Crippen LogP contribution is -2.21. The first kappa shape index (κ1) is 11.7. The Labute approximate surface area is 117 Å². The second kappa shape index (κ2) is 4.76. The van der Waals surface area contributed by atoms with Gasteiger partial charge in [0.15, 0.2) is 0 Å². The van der Waals surface area contributed by atoms with Crippen molar-refractivity contribution >= 4 is 11.3 Å². The minimum Gasteiger partial charge on any atom is -0.344 e. The van der Waals surface area contributed by atoms with Crippen LogP contribution in [0.2, 0.25) is 0 Å². The first-order valence-electron chi connectivity index (χ1n) is 7.31. The lowest BCUT2D eigenvalue weighted by molar-refractivity contribution is 0.511. The Morgan fingerprint density at radius 1 is 1.21 bits per heavy atom. The first-order chi connectivity index (χ1) is 9.42. The quantitative estimate of drug-likeness (QED) is 0.835. The monoisotopic (exact) mass is 273 g/mol. The van der Waals surface area contributed by atoms with E-state index in [4.69, 9.17) is 4.98 Å². The van der Waals surface area contributed by atoms with E-state index >= 15 is 0 Å². The van der Waals surface area contributed by atoms with Gasteiger partial charge in [-0.05, 0) is 43.7 Å². The lowest BCUT2D eigenvalue weighted by atomic mass is 10.0. The van der Waals surface area contributed by atoms with Crippen molar-refractivity contribution in [2.24, 2.45) is 0 Å². The van der Waals surface area contributed by atoms with E-state index < -0.39 is 0 Å². The van der Waals surface area contributed by atoms with Crippen LogP contribution in [0, 0.1) is 0 Å². The number of hydrogen-bond acceptors (Lipinski definition) is 3. The summed E-state index contributed by atoms with van der Waals surface area (Å²) in [6, 6.07) is 2.65. The number of H-pyrrole nitrogens is 1. The molecule has 1 fully saturated rings. The van der Waals surface area contributed by atoms with Crippen LogP contribution in [0.3, 0.4) is 0 Å². The van der Waals surface area contributed by atoms with Gasteiger partial charge in [0.25, 0.3) is 0 Å². The number of aromatic nitrogens is 2. The molecule has 0 bridgehead atoms. The minimum atomic E-state index is 0.426. The summed E-state index contributed by atoms with van der Waals surface area (Å²) >= 11 is 1.87. The molecule has 4 heteroatoms. The van der Waals surface area contributed by atoms with Crippen LogP contribution in [-0.2, 0) is 12.8 Å². The lowest BCUT2D eigenvalue weighted by Gasteiger charge is -2.12. The topological polar surface area (TPSA) is 40.7 Å². The Kier molecular flexibility index (Phi) is 2.93. The summed E-state index contributed by atoms with van der Waals surface area (Å²) in [7, 11) is 0. The average Bonchev–Trinajstić information content (AvgIpc) is 2.97. The third kappa shape index (κ3) is 2.03. The van der Waals surface area contributed by atoms with Gasteiger partial charge in [0, 0.05) is 16.1 Å².